The molecule has 2 rings (SSSR count). The molecule has 5 heteroatoms. The lowest BCUT2D eigenvalue weighted by molar-refractivity contribution is -0.152. The molecule has 0 aromatic heterocycles. The Bertz CT molecular complexity index is 593. The van der Waals surface area contributed by atoms with Crippen LogP contribution in [0.15, 0.2) is 18.2 Å². The summed E-state index contributed by atoms with van der Waals surface area (Å²) < 4.78 is 10.5. The van der Waals surface area contributed by atoms with Crippen molar-refractivity contribution in [2.75, 3.05) is 20.2 Å². The first-order valence-corrected chi connectivity index (χ1v) is 8.57. The summed E-state index contributed by atoms with van der Waals surface area (Å²) in [4.78, 5) is 23.5. The van der Waals surface area contributed by atoms with Gasteiger partial charge in [0.05, 0.1) is 6.54 Å². The largest absolute Gasteiger partial charge is 0.453 e. The standard InChI is InChI=1S/C19H27NO4/c1-12(2)15-6-5-7-16(13(3)14-8-9-14)19(15)24-18(22)11-23-17(21)10-20-4/h5-7,12-14,20H,8-11H2,1-4H3/t13-/m0/s1. The maximum Gasteiger partial charge on any atom is 0.349 e. The summed E-state index contributed by atoms with van der Waals surface area (Å²) in [6.45, 7) is 6.03. The highest BCUT2D eigenvalue weighted by Crippen LogP contribution is 2.46. The number of carbonyl (C=O) groups is 2. The van der Waals surface area contributed by atoms with Crippen molar-refractivity contribution in [2.24, 2.45) is 5.92 Å². The van der Waals surface area contributed by atoms with Gasteiger partial charge in [0.2, 0.25) is 0 Å². The van der Waals surface area contributed by atoms with E-state index in [0.29, 0.717) is 17.6 Å². The van der Waals surface area contributed by atoms with Crippen molar-refractivity contribution in [3.63, 3.8) is 0 Å². The van der Waals surface area contributed by atoms with Crippen molar-refractivity contribution in [1.82, 2.24) is 5.32 Å². The van der Waals surface area contributed by atoms with E-state index < -0.39 is 11.9 Å². The molecule has 0 radical (unpaired) electrons. The van der Waals surface area contributed by atoms with Crippen LogP contribution >= 0.6 is 0 Å². The van der Waals surface area contributed by atoms with E-state index >= 15 is 0 Å². The minimum absolute atomic E-state index is 0.0693. The third kappa shape index (κ3) is 4.81. The number of hydrogen-bond acceptors (Lipinski definition) is 5. The van der Waals surface area contributed by atoms with Crippen LogP contribution < -0.4 is 10.1 Å². The average molecular weight is 333 g/mol. The van der Waals surface area contributed by atoms with Crippen LogP contribution in [0.3, 0.4) is 0 Å². The van der Waals surface area contributed by atoms with Gasteiger partial charge in [-0.1, -0.05) is 39.0 Å². The van der Waals surface area contributed by atoms with E-state index in [-0.39, 0.29) is 19.1 Å². The Kier molecular flexibility index (Phi) is 6.37. The molecule has 132 valence electrons. The van der Waals surface area contributed by atoms with E-state index in [9.17, 15) is 9.59 Å². The molecule has 1 aliphatic carbocycles. The first kappa shape index (κ1) is 18.5. The third-order valence-electron chi connectivity index (χ3n) is 4.41. The van der Waals surface area contributed by atoms with Crippen LogP contribution in [0.2, 0.25) is 0 Å². The van der Waals surface area contributed by atoms with Crippen molar-refractivity contribution < 1.29 is 19.1 Å². The topological polar surface area (TPSA) is 64.6 Å². The highest BCUT2D eigenvalue weighted by molar-refractivity contribution is 5.79. The molecule has 0 spiro atoms. The molecule has 1 aromatic carbocycles. The Hall–Kier alpha value is -1.88. The Morgan fingerprint density at radius 1 is 1.17 bits per heavy atom. The molecule has 1 aromatic rings. The molecule has 0 saturated heterocycles. The molecule has 24 heavy (non-hydrogen) atoms. The van der Waals surface area contributed by atoms with E-state index in [4.69, 9.17) is 9.47 Å². The van der Waals surface area contributed by atoms with Crippen molar-refractivity contribution >= 4 is 11.9 Å². The number of nitrogens with one attached hydrogen (secondary N) is 1. The average Bonchev–Trinajstić information content (AvgIpc) is 3.37. The van der Waals surface area contributed by atoms with Gasteiger partial charge in [0, 0.05) is 0 Å². The second-order valence-electron chi connectivity index (χ2n) is 6.71. The predicted octanol–water partition coefficient (Wildman–Crippen LogP) is 2.99. The van der Waals surface area contributed by atoms with Crippen LogP contribution in [-0.2, 0) is 14.3 Å². The van der Waals surface area contributed by atoms with E-state index in [1.807, 2.05) is 18.2 Å². The van der Waals surface area contributed by atoms with Gasteiger partial charge in [-0.3, -0.25) is 4.79 Å². The fourth-order valence-electron chi connectivity index (χ4n) is 2.83. The summed E-state index contributed by atoms with van der Waals surface area (Å²) in [6, 6.07) is 6.04. The van der Waals surface area contributed by atoms with Gasteiger partial charge in [-0.05, 0) is 48.8 Å². The SMILES string of the molecule is CNCC(=O)OCC(=O)Oc1c(C(C)C)cccc1[C@@H](C)C1CC1. The number of rotatable bonds is 8. The van der Waals surface area contributed by atoms with E-state index in [0.717, 1.165) is 11.1 Å². The van der Waals surface area contributed by atoms with Crippen LogP contribution in [-0.4, -0.2) is 32.1 Å². The molecule has 1 saturated carbocycles. The monoisotopic (exact) mass is 333 g/mol. The number of likely N-dealkylation sites (N-methyl/N-ethyl adjacent to an activating group) is 1. The zero-order valence-electron chi connectivity index (χ0n) is 14.9. The minimum atomic E-state index is -0.545. The lowest BCUT2D eigenvalue weighted by Gasteiger charge is -2.20. The second kappa shape index (κ2) is 8.29. The number of esters is 2. The fraction of sp³-hybridized carbons (Fsp3) is 0.579. The zero-order valence-corrected chi connectivity index (χ0v) is 14.9. The second-order valence-corrected chi connectivity index (χ2v) is 6.71. The van der Waals surface area contributed by atoms with Crippen LogP contribution in [0.1, 0.15) is 56.6 Å². The van der Waals surface area contributed by atoms with Crippen molar-refractivity contribution in [3.8, 4) is 5.75 Å². The highest BCUT2D eigenvalue weighted by atomic mass is 16.6. The molecule has 0 bridgehead atoms. The first-order chi connectivity index (χ1) is 11.4. The number of hydrogen-bond donors (Lipinski definition) is 1. The Balaban J connectivity index is 2.14. The molecular formula is C19H27NO4. The molecule has 0 aliphatic heterocycles. The molecule has 1 atom stereocenters. The lowest BCUT2D eigenvalue weighted by atomic mass is 9.90. The van der Waals surface area contributed by atoms with Gasteiger partial charge in [0.1, 0.15) is 5.75 Å². The predicted molar refractivity (Wildman–Crippen MR) is 92.2 cm³/mol. The maximum absolute atomic E-state index is 12.1. The normalized spacial score (nSPS) is 15.2. The molecule has 0 heterocycles. The first-order valence-electron chi connectivity index (χ1n) is 8.57. The minimum Gasteiger partial charge on any atom is -0.453 e. The van der Waals surface area contributed by atoms with Crippen LogP contribution in [0.25, 0.3) is 0 Å². The molecule has 1 aliphatic rings. The van der Waals surface area contributed by atoms with Crippen LogP contribution in [0, 0.1) is 5.92 Å². The van der Waals surface area contributed by atoms with Crippen LogP contribution in [0.4, 0.5) is 0 Å². The molecule has 1 fully saturated rings. The molecular weight excluding hydrogens is 306 g/mol. The quantitative estimate of drug-likeness (QED) is 0.585. The van der Waals surface area contributed by atoms with Gasteiger partial charge >= 0.3 is 11.9 Å². The van der Waals surface area contributed by atoms with Gasteiger partial charge in [-0.25, -0.2) is 4.79 Å². The van der Waals surface area contributed by atoms with E-state index in [2.05, 4.69) is 26.1 Å². The summed E-state index contributed by atoms with van der Waals surface area (Å²) in [7, 11) is 1.64. The Morgan fingerprint density at radius 3 is 2.42 bits per heavy atom. The smallest absolute Gasteiger partial charge is 0.349 e. The van der Waals surface area contributed by atoms with Gasteiger partial charge in [0.25, 0.3) is 0 Å². The number of para-hydroxylation sites is 1. The van der Waals surface area contributed by atoms with E-state index in [1.54, 1.807) is 7.05 Å². The van der Waals surface area contributed by atoms with Gasteiger partial charge in [-0.15, -0.1) is 0 Å². The summed E-state index contributed by atoms with van der Waals surface area (Å²) in [5.74, 6) is 0.888. The number of carbonyl (C=O) groups excluding carboxylic acids is 2. The zero-order chi connectivity index (χ0) is 17.7. The number of benzene rings is 1. The molecule has 0 amide bonds. The third-order valence-corrected chi connectivity index (χ3v) is 4.41. The summed E-state index contributed by atoms with van der Waals surface area (Å²) >= 11 is 0. The van der Waals surface area contributed by atoms with Gasteiger partial charge in [0.15, 0.2) is 6.61 Å². The lowest BCUT2D eigenvalue weighted by Crippen LogP contribution is -2.25. The molecule has 5 nitrogen and oxygen atoms in total. The Labute approximate surface area is 143 Å². The summed E-state index contributed by atoms with van der Waals surface area (Å²) in [5.41, 5.74) is 2.08. The maximum atomic E-state index is 12.1. The highest BCUT2D eigenvalue weighted by Gasteiger charge is 2.32. The Morgan fingerprint density at radius 2 is 1.83 bits per heavy atom. The van der Waals surface area contributed by atoms with Crippen molar-refractivity contribution in [2.45, 2.75) is 45.4 Å². The van der Waals surface area contributed by atoms with Crippen molar-refractivity contribution in [3.05, 3.63) is 29.3 Å². The summed E-state index contributed by atoms with van der Waals surface area (Å²) in [5, 5.41) is 2.68. The number of ether oxygens (including phenoxy) is 2. The van der Waals surface area contributed by atoms with Gasteiger partial charge < -0.3 is 14.8 Å². The molecule has 1 N–H and O–H groups in total. The summed E-state index contributed by atoms with van der Waals surface area (Å²) in [6.07, 6.45) is 2.45. The fourth-order valence-corrected chi connectivity index (χ4v) is 2.83. The molecule has 0 unspecified atom stereocenters. The van der Waals surface area contributed by atoms with Crippen molar-refractivity contribution in [1.29, 1.82) is 0 Å². The van der Waals surface area contributed by atoms with Crippen LogP contribution in [0.5, 0.6) is 5.75 Å². The van der Waals surface area contributed by atoms with E-state index in [1.165, 1.54) is 12.8 Å². The van der Waals surface area contributed by atoms with Gasteiger partial charge in [-0.2, -0.15) is 0 Å².